The highest BCUT2D eigenvalue weighted by atomic mass is 32.1. The summed E-state index contributed by atoms with van der Waals surface area (Å²) in [5, 5.41) is 0. The molecule has 1 aromatic rings. The van der Waals surface area contributed by atoms with Crippen LogP contribution < -0.4 is 5.73 Å². The van der Waals surface area contributed by atoms with Crippen molar-refractivity contribution in [3.8, 4) is 0 Å². The van der Waals surface area contributed by atoms with Gasteiger partial charge in [0.2, 0.25) is 0 Å². The van der Waals surface area contributed by atoms with Gasteiger partial charge in [-0.1, -0.05) is 30.4 Å². The zero-order chi connectivity index (χ0) is 12.3. The third-order valence-electron chi connectivity index (χ3n) is 3.13. The van der Waals surface area contributed by atoms with Crippen molar-refractivity contribution in [2.24, 2.45) is 11.7 Å². The Labute approximate surface area is 107 Å². The number of benzene rings is 1. The minimum atomic E-state index is 0.0755. The van der Waals surface area contributed by atoms with E-state index in [1.54, 1.807) is 0 Å². The highest BCUT2D eigenvalue weighted by Crippen LogP contribution is 2.18. The van der Waals surface area contributed by atoms with Crippen LogP contribution in [0.1, 0.15) is 23.2 Å². The van der Waals surface area contributed by atoms with E-state index in [-0.39, 0.29) is 11.8 Å². The fourth-order valence-corrected chi connectivity index (χ4v) is 2.35. The monoisotopic (exact) mass is 248 g/mol. The van der Waals surface area contributed by atoms with Crippen LogP contribution in [0.25, 0.3) is 0 Å². The molecule has 1 atom stereocenters. The highest BCUT2D eigenvalue weighted by Gasteiger charge is 2.25. The minimum absolute atomic E-state index is 0.0755. The first kappa shape index (κ1) is 12.0. The molecule has 1 saturated heterocycles. The molecule has 1 fully saturated rings. The van der Waals surface area contributed by atoms with E-state index in [4.69, 9.17) is 18.0 Å². The number of nitrogens with two attached hydrogens (primary N) is 1. The van der Waals surface area contributed by atoms with Crippen LogP contribution in [-0.2, 0) is 0 Å². The van der Waals surface area contributed by atoms with Gasteiger partial charge in [0.25, 0.3) is 5.91 Å². The summed E-state index contributed by atoms with van der Waals surface area (Å²) >= 11 is 5.01. The maximum Gasteiger partial charge on any atom is 0.253 e. The van der Waals surface area contributed by atoms with Crippen LogP contribution in [0.2, 0.25) is 0 Å². The molecular weight excluding hydrogens is 232 g/mol. The smallest absolute Gasteiger partial charge is 0.253 e. The summed E-state index contributed by atoms with van der Waals surface area (Å²) in [7, 11) is 0. The number of piperidine rings is 1. The number of hydrogen-bond donors (Lipinski definition) is 1. The van der Waals surface area contributed by atoms with Gasteiger partial charge in [0, 0.05) is 24.6 Å². The average Bonchev–Trinajstić information content (AvgIpc) is 2.39. The fourth-order valence-electron chi connectivity index (χ4n) is 2.16. The number of rotatable bonds is 2. The van der Waals surface area contributed by atoms with Crippen LogP contribution in [0.15, 0.2) is 30.3 Å². The Morgan fingerprint density at radius 3 is 2.71 bits per heavy atom. The van der Waals surface area contributed by atoms with Gasteiger partial charge >= 0.3 is 0 Å². The topological polar surface area (TPSA) is 46.3 Å². The van der Waals surface area contributed by atoms with Gasteiger partial charge in [-0.3, -0.25) is 4.79 Å². The highest BCUT2D eigenvalue weighted by molar-refractivity contribution is 7.80. The van der Waals surface area contributed by atoms with Gasteiger partial charge in [-0.2, -0.15) is 0 Å². The zero-order valence-electron chi connectivity index (χ0n) is 9.63. The number of carbonyl (C=O) groups excluding carboxylic acids is 1. The molecule has 0 bridgehead atoms. The Balaban J connectivity index is 2.07. The SMILES string of the molecule is NC(=S)C1CCCN(C(=O)c2ccccc2)C1. The first-order valence-electron chi connectivity index (χ1n) is 5.82. The number of thiocarbonyl (C=S) groups is 1. The Hall–Kier alpha value is -1.42. The third kappa shape index (κ3) is 2.82. The molecule has 1 aliphatic heterocycles. The van der Waals surface area contributed by atoms with Crippen LogP contribution in [0, 0.1) is 5.92 Å². The second-order valence-corrected chi connectivity index (χ2v) is 4.83. The average molecular weight is 248 g/mol. The van der Waals surface area contributed by atoms with E-state index >= 15 is 0 Å². The minimum Gasteiger partial charge on any atom is -0.393 e. The summed E-state index contributed by atoms with van der Waals surface area (Å²) in [6.45, 7) is 1.45. The van der Waals surface area contributed by atoms with Crippen LogP contribution in [0.3, 0.4) is 0 Å². The molecule has 17 heavy (non-hydrogen) atoms. The van der Waals surface area contributed by atoms with Gasteiger partial charge in [0.1, 0.15) is 0 Å². The Morgan fingerprint density at radius 2 is 2.06 bits per heavy atom. The first-order chi connectivity index (χ1) is 8.18. The molecular formula is C13H16N2OS. The molecule has 1 aromatic carbocycles. The van der Waals surface area contributed by atoms with Gasteiger partial charge in [-0.15, -0.1) is 0 Å². The van der Waals surface area contributed by atoms with Gasteiger partial charge in [-0.05, 0) is 25.0 Å². The Morgan fingerprint density at radius 1 is 1.35 bits per heavy atom. The van der Waals surface area contributed by atoms with Crippen LogP contribution in [0.5, 0.6) is 0 Å². The predicted molar refractivity (Wildman–Crippen MR) is 71.9 cm³/mol. The summed E-state index contributed by atoms with van der Waals surface area (Å²) in [4.78, 5) is 14.6. The normalized spacial score (nSPS) is 20.0. The van der Waals surface area contributed by atoms with E-state index in [2.05, 4.69) is 0 Å². The summed E-state index contributed by atoms with van der Waals surface area (Å²) in [6.07, 6.45) is 1.97. The van der Waals surface area contributed by atoms with Gasteiger partial charge < -0.3 is 10.6 Å². The second-order valence-electron chi connectivity index (χ2n) is 4.36. The maximum absolute atomic E-state index is 12.2. The maximum atomic E-state index is 12.2. The van der Waals surface area contributed by atoms with E-state index in [0.717, 1.165) is 24.9 Å². The number of amides is 1. The molecule has 3 nitrogen and oxygen atoms in total. The van der Waals surface area contributed by atoms with Crippen molar-refractivity contribution in [2.45, 2.75) is 12.8 Å². The van der Waals surface area contributed by atoms with E-state index < -0.39 is 0 Å². The quantitative estimate of drug-likeness (QED) is 0.812. The Bertz CT molecular complexity index is 419. The molecule has 1 amide bonds. The number of nitrogens with zero attached hydrogens (tertiary/aromatic N) is 1. The lowest BCUT2D eigenvalue weighted by atomic mass is 9.97. The molecule has 0 radical (unpaired) electrons. The molecule has 0 aliphatic carbocycles. The van der Waals surface area contributed by atoms with E-state index in [0.29, 0.717) is 11.5 Å². The van der Waals surface area contributed by atoms with Crippen molar-refractivity contribution >= 4 is 23.1 Å². The van der Waals surface area contributed by atoms with Crippen molar-refractivity contribution < 1.29 is 4.79 Å². The molecule has 1 unspecified atom stereocenters. The lowest BCUT2D eigenvalue weighted by Crippen LogP contribution is -2.43. The summed E-state index contributed by atoms with van der Waals surface area (Å²) in [5.41, 5.74) is 6.39. The standard InChI is InChI=1S/C13H16N2OS/c14-12(17)11-7-4-8-15(9-11)13(16)10-5-2-1-3-6-10/h1-3,5-6,11H,4,7-9H2,(H2,14,17). The summed E-state index contributed by atoms with van der Waals surface area (Å²) in [6, 6.07) is 9.34. The molecule has 90 valence electrons. The predicted octanol–water partition coefficient (Wildman–Crippen LogP) is 1.82. The van der Waals surface area contributed by atoms with Gasteiger partial charge in [0.15, 0.2) is 0 Å². The van der Waals surface area contributed by atoms with Gasteiger partial charge in [-0.25, -0.2) is 0 Å². The van der Waals surface area contributed by atoms with Crippen molar-refractivity contribution in [3.05, 3.63) is 35.9 Å². The summed E-state index contributed by atoms with van der Waals surface area (Å²) < 4.78 is 0. The molecule has 1 heterocycles. The Kier molecular flexibility index (Phi) is 3.74. The fraction of sp³-hybridized carbons (Fsp3) is 0.385. The van der Waals surface area contributed by atoms with Crippen LogP contribution >= 0.6 is 12.2 Å². The van der Waals surface area contributed by atoms with Crippen molar-refractivity contribution in [3.63, 3.8) is 0 Å². The van der Waals surface area contributed by atoms with Crippen molar-refractivity contribution in [2.75, 3.05) is 13.1 Å². The number of hydrogen-bond acceptors (Lipinski definition) is 2. The third-order valence-corrected chi connectivity index (χ3v) is 3.47. The second kappa shape index (κ2) is 5.27. The summed E-state index contributed by atoms with van der Waals surface area (Å²) in [5.74, 6) is 0.248. The van der Waals surface area contributed by atoms with Crippen molar-refractivity contribution in [1.29, 1.82) is 0 Å². The molecule has 2 rings (SSSR count). The van der Waals surface area contributed by atoms with E-state index in [9.17, 15) is 4.79 Å². The van der Waals surface area contributed by atoms with Crippen LogP contribution in [-0.4, -0.2) is 28.9 Å². The van der Waals surface area contributed by atoms with Gasteiger partial charge in [0.05, 0.1) is 4.99 Å². The zero-order valence-corrected chi connectivity index (χ0v) is 10.5. The molecule has 0 saturated carbocycles. The molecule has 0 spiro atoms. The van der Waals surface area contributed by atoms with E-state index in [1.165, 1.54) is 0 Å². The molecule has 0 aromatic heterocycles. The largest absolute Gasteiger partial charge is 0.393 e. The number of likely N-dealkylation sites (tertiary alicyclic amines) is 1. The van der Waals surface area contributed by atoms with Crippen LogP contribution in [0.4, 0.5) is 0 Å². The number of carbonyl (C=O) groups is 1. The lowest BCUT2D eigenvalue weighted by molar-refractivity contribution is 0.0703. The van der Waals surface area contributed by atoms with E-state index in [1.807, 2.05) is 35.2 Å². The molecule has 4 heteroatoms. The first-order valence-corrected chi connectivity index (χ1v) is 6.23. The molecule has 2 N–H and O–H groups in total. The lowest BCUT2D eigenvalue weighted by Gasteiger charge is -2.32. The van der Waals surface area contributed by atoms with Crippen molar-refractivity contribution in [1.82, 2.24) is 4.90 Å². The molecule has 1 aliphatic rings.